The fourth-order valence-electron chi connectivity index (χ4n) is 8.66. The predicted molar refractivity (Wildman–Crippen MR) is 253 cm³/mol. The lowest BCUT2D eigenvalue weighted by Gasteiger charge is -2.39. The Morgan fingerprint density at radius 1 is 0.922 bits per heavy atom. The van der Waals surface area contributed by atoms with Crippen molar-refractivity contribution in [3.05, 3.63) is 117 Å². The van der Waals surface area contributed by atoms with Crippen molar-refractivity contribution in [2.75, 3.05) is 37.5 Å². The number of carbonyl (C=O) groups is 2. The summed E-state index contributed by atoms with van der Waals surface area (Å²) in [5, 5.41) is 38.9. The van der Waals surface area contributed by atoms with Gasteiger partial charge in [-0.25, -0.2) is 4.79 Å². The molecule has 15 heteroatoms. The Labute approximate surface area is 378 Å². The minimum absolute atomic E-state index is 0. The summed E-state index contributed by atoms with van der Waals surface area (Å²) in [6.07, 6.45) is 7.84. The molecule has 0 saturated heterocycles. The molecule has 2 amide bonds. The largest absolute Gasteiger partial charge is 0.506 e. The summed E-state index contributed by atoms with van der Waals surface area (Å²) >= 11 is 6.66. The second kappa shape index (κ2) is 24.5. The van der Waals surface area contributed by atoms with E-state index in [4.69, 9.17) is 16.3 Å². The Hall–Kier alpha value is -5.54. The summed E-state index contributed by atoms with van der Waals surface area (Å²) in [6.45, 7) is 3.75. The lowest BCUT2D eigenvalue weighted by atomic mass is 9.88. The first-order valence-electron chi connectivity index (χ1n) is 21.8. The Bertz CT molecular complexity index is 2360. The number of ether oxygens (including phenoxy) is 1. The standard InChI is InChI=1S/C49H60ClN5O7.2FH/c1-4-5-6-10-26-54(2)35-17-19-36(20-18-35)55(49(60)61)42-27-32(16-21-37(42)33-13-8-7-9-14-33)12-11-15-46(58)52-41-29-45(62-3)34(28-40(41)50)30-51-31-44(57)38-22-24-43(56)48-39(38)23-25-47(59)53-48;;/h7-9,13-14,16,21-25,27-29,35-36,44,51,56-57H,4-6,10-12,15,17-20,26,30-31H2,1-3H3,(H,52,58)(H,53,59)(H,60,61);2*1H/t35-,36-,44-;;/m0../s1. The van der Waals surface area contributed by atoms with Gasteiger partial charge in [-0.2, -0.15) is 0 Å². The summed E-state index contributed by atoms with van der Waals surface area (Å²) in [4.78, 5) is 44.8. The van der Waals surface area contributed by atoms with Crippen LogP contribution in [0.3, 0.4) is 0 Å². The molecule has 6 rings (SSSR count). The van der Waals surface area contributed by atoms with Gasteiger partial charge in [0.05, 0.1) is 35.1 Å². The number of aliphatic hydroxyl groups excluding tert-OH is 1. The average Bonchev–Trinajstić information content (AvgIpc) is 3.26. The van der Waals surface area contributed by atoms with Crippen LogP contribution in [0.5, 0.6) is 11.5 Å². The number of benzene rings is 4. The Kier molecular flexibility index (Phi) is 19.6. The highest BCUT2D eigenvalue weighted by molar-refractivity contribution is 6.33. The quantitative estimate of drug-likeness (QED) is 0.0417. The van der Waals surface area contributed by atoms with E-state index in [0.717, 1.165) is 48.9 Å². The van der Waals surface area contributed by atoms with E-state index in [1.54, 1.807) is 29.2 Å². The van der Waals surface area contributed by atoms with Crippen molar-refractivity contribution in [1.82, 2.24) is 15.2 Å². The molecule has 0 radical (unpaired) electrons. The number of fused-ring (bicyclic) bond motifs is 1. The maximum Gasteiger partial charge on any atom is 0.412 e. The molecule has 5 aromatic rings. The second-order valence-electron chi connectivity index (χ2n) is 16.4. The molecular formula is C49H62ClF2N5O7. The average molecular weight is 907 g/mol. The van der Waals surface area contributed by atoms with Gasteiger partial charge in [0.1, 0.15) is 11.5 Å². The van der Waals surface area contributed by atoms with Crippen LogP contribution in [0, 0.1) is 0 Å². The van der Waals surface area contributed by atoms with Gasteiger partial charge in [-0.05, 0) is 99.5 Å². The van der Waals surface area contributed by atoms with Gasteiger partial charge in [0, 0.05) is 60.2 Å². The number of rotatable bonds is 20. The smallest absolute Gasteiger partial charge is 0.412 e. The number of halogens is 3. The third kappa shape index (κ3) is 13.0. The second-order valence-corrected chi connectivity index (χ2v) is 16.8. The van der Waals surface area contributed by atoms with E-state index in [-0.39, 0.29) is 51.1 Å². The summed E-state index contributed by atoms with van der Waals surface area (Å²) in [5.74, 6) is 0.196. The fourth-order valence-corrected chi connectivity index (χ4v) is 8.90. The molecule has 1 aromatic heterocycles. The highest BCUT2D eigenvalue weighted by Crippen LogP contribution is 2.38. The molecule has 0 bridgehead atoms. The van der Waals surface area contributed by atoms with E-state index < -0.39 is 12.2 Å². The van der Waals surface area contributed by atoms with Crippen LogP contribution in [-0.4, -0.2) is 76.5 Å². The summed E-state index contributed by atoms with van der Waals surface area (Å²) in [6, 6.07) is 25.6. The van der Waals surface area contributed by atoms with Gasteiger partial charge in [-0.1, -0.05) is 86.3 Å². The van der Waals surface area contributed by atoms with Crippen LogP contribution in [0.4, 0.5) is 25.6 Å². The number of aryl methyl sites for hydroxylation is 1. The SMILES string of the molecule is CCCCCCN(C)[C@H]1CC[C@H](N(C(=O)O)c2cc(CCCC(=O)Nc3cc(OC)c(CNC[C@H](O)c4ccc(O)c5[nH]c(=O)ccc45)cc3Cl)ccc2-c2ccccc2)CC1.F.F. The number of nitrogens with one attached hydrogen (secondary N) is 3. The molecule has 4 aromatic carbocycles. The molecule has 1 aliphatic rings. The van der Waals surface area contributed by atoms with Crippen LogP contribution < -0.4 is 25.8 Å². The molecule has 1 atom stereocenters. The highest BCUT2D eigenvalue weighted by atomic mass is 35.5. The number of amides is 2. The number of hydrogen-bond acceptors (Lipinski definition) is 8. The van der Waals surface area contributed by atoms with Crippen LogP contribution in [0.1, 0.15) is 93.9 Å². The molecule has 346 valence electrons. The number of carboxylic acid groups (broad SMARTS) is 1. The molecule has 0 unspecified atom stereocenters. The van der Waals surface area contributed by atoms with E-state index in [2.05, 4.69) is 34.5 Å². The fraction of sp³-hybridized carbons (Fsp3) is 0.408. The van der Waals surface area contributed by atoms with Crippen LogP contribution in [0.15, 0.2) is 89.7 Å². The van der Waals surface area contributed by atoms with Crippen molar-refractivity contribution < 1.29 is 39.1 Å². The Balaban J connectivity index is 0.00000449. The van der Waals surface area contributed by atoms with E-state index in [1.165, 1.54) is 44.9 Å². The molecule has 64 heavy (non-hydrogen) atoms. The van der Waals surface area contributed by atoms with Gasteiger partial charge < -0.3 is 40.6 Å². The molecule has 12 nitrogen and oxygen atoms in total. The third-order valence-electron chi connectivity index (χ3n) is 12.1. The number of unbranched alkanes of at least 4 members (excludes halogenated alkanes) is 3. The lowest BCUT2D eigenvalue weighted by molar-refractivity contribution is -0.116. The van der Waals surface area contributed by atoms with E-state index >= 15 is 0 Å². The van der Waals surface area contributed by atoms with E-state index in [9.17, 15) is 29.7 Å². The minimum Gasteiger partial charge on any atom is -0.506 e. The number of aliphatic hydroxyl groups is 1. The summed E-state index contributed by atoms with van der Waals surface area (Å²) in [5.41, 5.74) is 5.02. The number of pyridine rings is 1. The first-order chi connectivity index (χ1) is 30.0. The van der Waals surface area contributed by atoms with Gasteiger partial charge >= 0.3 is 6.09 Å². The normalized spacial score (nSPS) is 15.2. The number of nitrogens with zero attached hydrogens (tertiary/aromatic N) is 2. The molecule has 1 saturated carbocycles. The number of phenols is 1. The molecule has 1 fully saturated rings. The third-order valence-corrected chi connectivity index (χ3v) is 12.4. The van der Waals surface area contributed by atoms with Gasteiger partial charge in [-0.15, -0.1) is 0 Å². The summed E-state index contributed by atoms with van der Waals surface area (Å²) in [7, 11) is 3.73. The Morgan fingerprint density at radius 3 is 2.36 bits per heavy atom. The maximum absolute atomic E-state index is 13.3. The van der Waals surface area contributed by atoms with E-state index in [1.807, 2.05) is 48.5 Å². The van der Waals surface area contributed by atoms with Gasteiger partial charge in [0.2, 0.25) is 11.5 Å². The number of phenolic OH excluding ortho intramolecular Hbond substituents is 1. The minimum atomic E-state index is -0.954. The predicted octanol–water partition coefficient (Wildman–Crippen LogP) is 9.96. The zero-order valence-electron chi connectivity index (χ0n) is 36.8. The Morgan fingerprint density at radius 2 is 1.66 bits per heavy atom. The first kappa shape index (κ1) is 51.1. The number of hydrogen-bond donors (Lipinski definition) is 6. The molecule has 1 heterocycles. The van der Waals surface area contributed by atoms with Gasteiger partial charge in [-0.3, -0.25) is 23.9 Å². The van der Waals surface area contributed by atoms with Crippen LogP contribution in [0.2, 0.25) is 5.02 Å². The topological polar surface area (TPSA) is 167 Å². The van der Waals surface area contributed by atoms with Crippen molar-refractivity contribution >= 4 is 45.9 Å². The molecule has 6 N–H and O–H groups in total. The van der Waals surface area contributed by atoms with Gasteiger partial charge in [0.25, 0.3) is 0 Å². The monoisotopic (exact) mass is 905 g/mol. The highest BCUT2D eigenvalue weighted by Gasteiger charge is 2.33. The lowest BCUT2D eigenvalue weighted by Crippen LogP contribution is -2.45. The first-order valence-corrected chi connectivity index (χ1v) is 22.2. The number of aromatic hydroxyl groups is 1. The van der Waals surface area contributed by atoms with Crippen molar-refractivity contribution in [2.45, 2.75) is 102 Å². The molecular weight excluding hydrogens is 844 g/mol. The zero-order chi connectivity index (χ0) is 44.2. The van der Waals surface area contributed by atoms with Crippen LogP contribution >= 0.6 is 11.6 Å². The van der Waals surface area contributed by atoms with Crippen LogP contribution in [0.25, 0.3) is 22.0 Å². The summed E-state index contributed by atoms with van der Waals surface area (Å²) < 4.78 is 5.63. The number of aromatic amines is 1. The number of aromatic nitrogens is 1. The van der Waals surface area contributed by atoms with Crippen molar-refractivity contribution in [1.29, 1.82) is 0 Å². The molecule has 0 spiro atoms. The molecule has 0 aliphatic heterocycles. The van der Waals surface area contributed by atoms with Crippen molar-refractivity contribution in [2.24, 2.45) is 0 Å². The van der Waals surface area contributed by atoms with E-state index in [0.29, 0.717) is 64.1 Å². The number of carbonyl (C=O) groups excluding carboxylic acids is 1. The van der Waals surface area contributed by atoms with Crippen molar-refractivity contribution in [3.8, 4) is 22.6 Å². The molecule has 1 aliphatic carbocycles. The number of anilines is 2. The number of methoxy groups -OCH3 is 1. The maximum atomic E-state index is 13.3. The van der Waals surface area contributed by atoms with Crippen LogP contribution in [-0.2, 0) is 17.8 Å². The number of H-pyrrole nitrogens is 1. The van der Waals surface area contributed by atoms with Crippen molar-refractivity contribution in [3.63, 3.8) is 0 Å². The van der Waals surface area contributed by atoms with Gasteiger partial charge in [0.15, 0.2) is 0 Å². The zero-order valence-corrected chi connectivity index (χ0v) is 37.5.